The molecule has 0 saturated carbocycles. The Labute approximate surface area is 367 Å². The summed E-state index contributed by atoms with van der Waals surface area (Å²) in [6.07, 6.45) is 15.9. The highest BCUT2D eigenvalue weighted by Crippen LogP contribution is 2.34. The zero-order chi connectivity index (χ0) is 40.1. The Morgan fingerprint density at radius 2 is 0.912 bits per heavy atom. The molecule has 302 valence electrons. The lowest BCUT2D eigenvalue weighted by Gasteiger charge is -2.23. The summed E-state index contributed by atoms with van der Waals surface area (Å²) in [5, 5.41) is 0. The Kier molecular flexibility index (Phi) is 20.2. The number of carbonyl (C=O) groups excluding carboxylic acids is 1. The van der Waals surface area contributed by atoms with Crippen molar-refractivity contribution >= 4 is 65.5 Å². The van der Waals surface area contributed by atoms with Crippen LogP contribution in [0.5, 0.6) is 0 Å². The zero-order valence-corrected chi connectivity index (χ0v) is 38.5. The van der Waals surface area contributed by atoms with Gasteiger partial charge in [-0.1, -0.05) is 131 Å². The van der Waals surface area contributed by atoms with Crippen LogP contribution in [0.3, 0.4) is 0 Å². The molecule has 0 atom stereocenters. The first-order chi connectivity index (χ1) is 27.8. The van der Waals surface area contributed by atoms with Crippen LogP contribution in [-0.2, 0) is 18.6 Å². The number of hydrogen-bond acceptors (Lipinski definition) is 6. The van der Waals surface area contributed by atoms with Gasteiger partial charge in [-0.15, -0.1) is 23.5 Å². The number of rotatable bonds is 26. The summed E-state index contributed by atoms with van der Waals surface area (Å²) < 4.78 is 0. The van der Waals surface area contributed by atoms with E-state index in [4.69, 9.17) is 0 Å². The van der Waals surface area contributed by atoms with E-state index >= 15 is 0 Å². The largest absolute Gasteiger partial charge is 0.294 e. The second-order valence-corrected chi connectivity index (χ2v) is 20.6. The van der Waals surface area contributed by atoms with E-state index in [1.807, 2.05) is 59.2 Å². The van der Waals surface area contributed by atoms with Gasteiger partial charge in [0.2, 0.25) is 0 Å². The molecule has 0 radical (unpaired) electrons. The summed E-state index contributed by atoms with van der Waals surface area (Å²) in [5.41, 5.74) is 4.52. The molecule has 0 aromatic heterocycles. The minimum Gasteiger partial charge on any atom is -0.294 e. The predicted molar refractivity (Wildman–Crippen MR) is 257 cm³/mol. The molecule has 0 heterocycles. The first-order valence-electron chi connectivity index (χ1n) is 21.1. The predicted octanol–water partition coefficient (Wildman–Crippen LogP) is 16.6. The fraction of sp³-hybridized carbons (Fsp3) is 0.392. The molecule has 0 unspecified atom stereocenters. The van der Waals surface area contributed by atoms with Gasteiger partial charge in [0.15, 0.2) is 5.78 Å². The standard InChI is InChI=1S/C51H62OS5/c1-4-5-6-7-10-14-40-18-24-47(25-19-40)57-49-34-30-45(31-35-49)55-39-42-16-22-43(23-17-42)50(52)51(2,3)36-13-38-54-44-28-32-48(33-29-44)56-46-26-20-41(21-27-46)15-11-8-9-12-37-53/h16-35,53H,4-15,36-39H2,1-3H3. The summed E-state index contributed by atoms with van der Waals surface area (Å²) in [4.78, 5) is 21.2. The van der Waals surface area contributed by atoms with Crippen molar-refractivity contribution in [3.8, 4) is 0 Å². The van der Waals surface area contributed by atoms with Crippen LogP contribution in [0.4, 0.5) is 0 Å². The highest BCUT2D eigenvalue weighted by molar-refractivity contribution is 8.00. The molecule has 5 aromatic carbocycles. The average molecular weight is 851 g/mol. The summed E-state index contributed by atoms with van der Waals surface area (Å²) in [6, 6.07) is 44.3. The van der Waals surface area contributed by atoms with Crippen LogP contribution in [0.25, 0.3) is 0 Å². The van der Waals surface area contributed by atoms with Gasteiger partial charge in [-0.3, -0.25) is 4.79 Å². The zero-order valence-electron chi connectivity index (χ0n) is 34.3. The van der Waals surface area contributed by atoms with Crippen molar-refractivity contribution in [3.63, 3.8) is 0 Å². The molecule has 0 aliphatic heterocycles. The fourth-order valence-corrected chi connectivity index (χ4v) is 10.3. The maximum atomic E-state index is 13.5. The smallest absolute Gasteiger partial charge is 0.168 e. The normalized spacial score (nSPS) is 11.6. The third-order valence-corrected chi connectivity index (χ3v) is 14.9. The van der Waals surface area contributed by atoms with Crippen LogP contribution >= 0.6 is 59.7 Å². The van der Waals surface area contributed by atoms with Gasteiger partial charge in [0, 0.05) is 46.1 Å². The molecule has 6 heteroatoms. The third-order valence-electron chi connectivity index (χ3n) is 10.4. The Morgan fingerprint density at radius 1 is 0.491 bits per heavy atom. The highest BCUT2D eigenvalue weighted by Gasteiger charge is 2.28. The quantitative estimate of drug-likeness (QED) is 0.0258. The molecular weight excluding hydrogens is 789 g/mol. The van der Waals surface area contributed by atoms with Crippen LogP contribution < -0.4 is 0 Å². The van der Waals surface area contributed by atoms with Crippen LogP contribution in [-0.4, -0.2) is 17.3 Å². The van der Waals surface area contributed by atoms with Crippen LogP contribution in [0.1, 0.15) is 118 Å². The lowest BCUT2D eigenvalue weighted by molar-refractivity contribution is 0.0826. The minimum absolute atomic E-state index is 0.232. The number of carbonyl (C=O) groups is 1. The molecule has 0 saturated heterocycles. The van der Waals surface area contributed by atoms with E-state index in [0.717, 1.165) is 42.1 Å². The van der Waals surface area contributed by atoms with Crippen molar-refractivity contribution in [1.82, 2.24) is 0 Å². The van der Waals surface area contributed by atoms with Gasteiger partial charge in [0.25, 0.3) is 0 Å². The first kappa shape index (κ1) is 45.6. The molecule has 0 bridgehead atoms. The van der Waals surface area contributed by atoms with E-state index < -0.39 is 5.41 Å². The van der Waals surface area contributed by atoms with Crippen molar-refractivity contribution in [1.29, 1.82) is 0 Å². The molecule has 5 rings (SSSR count). The number of unbranched alkanes of at least 4 members (excludes halogenated alkanes) is 7. The summed E-state index contributed by atoms with van der Waals surface area (Å²) in [6.45, 7) is 6.47. The van der Waals surface area contributed by atoms with Gasteiger partial charge < -0.3 is 0 Å². The molecule has 0 aliphatic carbocycles. The molecule has 0 spiro atoms. The average Bonchev–Trinajstić information content (AvgIpc) is 3.23. The number of thioether (sulfide) groups is 2. The van der Waals surface area contributed by atoms with E-state index in [1.165, 1.54) is 110 Å². The van der Waals surface area contributed by atoms with Gasteiger partial charge in [-0.05, 0) is 146 Å². The van der Waals surface area contributed by atoms with E-state index in [-0.39, 0.29) is 5.78 Å². The topological polar surface area (TPSA) is 17.1 Å². The maximum Gasteiger partial charge on any atom is 0.168 e. The van der Waals surface area contributed by atoms with E-state index in [1.54, 1.807) is 0 Å². The molecule has 0 aliphatic rings. The molecule has 0 fully saturated rings. The molecule has 1 nitrogen and oxygen atoms in total. The molecule has 0 amide bonds. The summed E-state index contributed by atoms with van der Waals surface area (Å²) >= 11 is 11.7. The number of thiol groups is 1. The monoisotopic (exact) mass is 850 g/mol. The third kappa shape index (κ3) is 16.6. The Bertz CT molecular complexity index is 1870. The van der Waals surface area contributed by atoms with Gasteiger partial charge in [0.05, 0.1) is 0 Å². The van der Waals surface area contributed by atoms with Crippen molar-refractivity contribution in [2.75, 3.05) is 11.5 Å². The van der Waals surface area contributed by atoms with Crippen LogP contribution in [0.2, 0.25) is 0 Å². The van der Waals surface area contributed by atoms with E-state index in [9.17, 15) is 4.79 Å². The lowest BCUT2D eigenvalue weighted by atomic mass is 9.80. The Balaban J connectivity index is 0.977. The fourth-order valence-electron chi connectivity index (χ4n) is 6.78. The maximum absolute atomic E-state index is 13.5. The Hall–Kier alpha value is -2.48. The van der Waals surface area contributed by atoms with Gasteiger partial charge in [0.1, 0.15) is 0 Å². The van der Waals surface area contributed by atoms with Crippen molar-refractivity contribution in [3.05, 3.63) is 144 Å². The number of Topliss-reactive ketones (excluding diaryl/α,β-unsaturated/α-hetero) is 1. The van der Waals surface area contributed by atoms with Crippen LogP contribution in [0, 0.1) is 5.41 Å². The molecular formula is C51H62OS5. The molecule has 0 N–H and O–H groups in total. The van der Waals surface area contributed by atoms with Gasteiger partial charge in [-0.25, -0.2) is 0 Å². The molecule has 57 heavy (non-hydrogen) atoms. The van der Waals surface area contributed by atoms with Gasteiger partial charge >= 0.3 is 0 Å². The number of hydrogen-bond donors (Lipinski definition) is 1. The molecule has 5 aromatic rings. The second-order valence-electron chi connectivity index (χ2n) is 15.6. The first-order valence-corrected chi connectivity index (χ1v) is 25.3. The van der Waals surface area contributed by atoms with Gasteiger partial charge in [-0.2, -0.15) is 12.6 Å². The van der Waals surface area contributed by atoms with Crippen molar-refractivity contribution in [2.24, 2.45) is 5.41 Å². The van der Waals surface area contributed by atoms with E-state index in [2.05, 4.69) is 143 Å². The van der Waals surface area contributed by atoms with Crippen molar-refractivity contribution in [2.45, 2.75) is 139 Å². The highest BCUT2D eigenvalue weighted by atomic mass is 32.2. The minimum atomic E-state index is -0.394. The number of benzene rings is 5. The lowest BCUT2D eigenvalue weighted by Crippen LogP contribution is -2.24. The van der Waals surface area contributed by atoms with E-state index in [0.29, 0.717) is 0 Å². The van der Waals surface area contributed by atoms with Crippen LogP contribution in [0.15, 0.2) is 151 Å². The summed E-state index contributed by atoms with van der Waals surface area (Å²) in [5.74, 6) is 3.11. The second kappa shape index (κ2) is 25.2. The number of aryl methyl sites for hydroxylation is 2. The van der Waals surface area contributed by atoms with Crippen molar-refractivity contribution < 1.29 is 4.79 Å². The SMILES string of the molecule is CCCCCCCc1ccc(Sc2ccc(SCc3ccc(C(=O)C(C)(C)CCCSc4ccc(Sc5ccc(CCCCCCS)cc5)cc4)cc3)cc2)cc1. The summed E-state index contributed by atoms with van der Waals surface area (Å²) in [7, 11) is 0. The number of ketones is 1. The Morgan fingerprint density at radius 3 is 1.40 bits per heavy atom.